The van der Waals surface area contributed by atoms with Gasteiger partial charge in [0, 0.05) is 12.8 Å². The zero-order chi connectivity index (χ0) is 13.0. The van der Waals surface area contributed by atoms with Crippen molar-refractivity contribution in [2.24, 2.45) is 0 Å². The van der Waals surface area contributed by atoms with Crippen molar-refractivity contribution in [3.05, 3.63) is 35.9 Å². The summed E-state index contributed by atoms with van der Waals surface area (Å²) < 4.78 is 11.2. The van der Waals surface area contributed by atoms with Gasteiger partial charge in [-0.25, -0.2) is 0 Å². The summed E-state index contributed by atoms with van der Waals surface area (Å²) in [4.78, 5) is 11.3. The summed E-state index contributed by atoms with van der Waals surface area (Å²) in [6.45, 7) is 1.93. The number of nitrogens with one attached hydrogen (secondary N) is 1. The lowest BCUT2D eigenvalue weighted by atomic mass is 9.74. The Morgan fingerprint density at radius 3 is 2.83 bits per heavy atom. The number of hydrogen-bond donors (Lipinski definition) is 1. The van der Waals surface area contributed by atoms with Gasteiger partial charge < -0.3 is 14.6 Å². The van der Waals surface area contributed by atoms with Gasteiger partial charge in [-0.1, -0.05) is 30.3 Å². The number of carbonyl (C=O) groups excluding carboxylic acids is 1. The van der Waals surface area contributed by atoms with Crippen LogP contribution in [0.2, 0.25) is 0 Å². The van der Waals surface area contributed by atoms with Gasteiger partial charge in [0.05, 0.1) is 18.7 Å². The van der Waals surface area contributed by atoms with Crippen LogP contribution in [0.15, 0.2) is 30.3 Å². The molecule has 0 saturated carbocycles. The molecule has 1 saturated heterocycles. The van der Waals surface area contributed by atoms with E-state index >= 15 is 0 Å². The van der Waals surface area contributed by atoms with Gasteiger partial charge in [0.1, 0.15) is 0 Å². The minimum Gasteiger partial charge on any atom is -0.407 e. The number of alkyl halides is 1. The monoisotopic (exact) mass is 267 g/mol. The highest BCUT2D eigenvalue weighted by Gasteiger charge is 2.39. The number of rotatable bonds is 4. The van der Waals surface area contributed by atoms with E-state index in [2.05, 4.69) is 5.32 Å². The van der Waals surface area contributed by atoms with Gasteiger partial charge in [-0.15, -0.1) is 11.6 Å². The number of carbonyl (C=O) groups is 1. The number of halogens is 1. The second-order valence-electron chi connectivity index (χ2n) is 4.20. The summed E-state index contributed by atoms with van der Waals surface area (Å²) in [5, 5.41) is 2.85. The van der Waals surface area contributed by atoms with E-state index in [0.29, 0.717) is 12.5 Å². The van der Waals surface area contributed by atoms with Crippen LogP contribution in [-0.2, 0) is 14.1 Å². The molecule has 1 aromatic rings. The highest BCUT2D eigenvalue weighted by atomic mass is 35.5. The lowest BCUT2D eigenvalue weighted by Crippen LogP contribution is -2.39. The Labute approximate surface area is 112 Å². The van der Waals surface area contributed by atoms with E-state index in [1.807, 2.05) is 30.3 Å². The van der Waals surface area contributed by atoms with Crippen LogP contribution in [0.5, 0.6) is 0 Å². The summed E-state index contributed by atoms with van der Waals surface area (Å²) in [6.07, 6.45) is -0.114. The Bertz CT molecular complexity index is 404. The second-order valence-corrected chi connectivity index (χ2v) is 4.51. The van der Waals surface area contributed by atoms with Crippen LogP contribution in [-0.4, -0.2) is 31.6 Å². The number of hydrogen-bond acceptors (Lipinski definition) is 3. The minimum atomic E-state index is -0.486. The van der Waals surface area contributed by atoms with Crippen LogP contribution < -0.4 is 5.32 Å². The van der Waals surface area contributed by atoms with E-state index in [0.717, 1.165) is 5.56 Å². The van der Waals surface area contributed by atoms with Crippen LogP contribution in [0.4, 0.5) is 0 Å². The van der Waals surface area contributed by atoms with Crippen LogP contribution in [0.3, 0.4) is 0 Å². The van der Waals surface area contributed by atoms with Gasteiger partial charge in [0.15, 0.2) is 0 Å². The summed E-state index contributed by atoms with van der Waals surface area (Å²) in [7, 11) is -0.486. The molecular formula is C12H15BClNO3. The van der Waals surface area contributed by atoms with E-state index in [1.54, 1.807) is 0 Å². The molecule has 1 aliphatic rings. The average Bonchev–Trinajstić information content (AvgIpc) is 2.85. The maximum absolute atomic E-state index is 11.3. The first-order valence-electron chi connectivity index (χ1n) is 5.86. The molecule has 0 aromatic heterocycles. The van der Waals surface area contributed by atoms with Crippen molar-refractivity contribution in [2.45, 2.75) is 19.0 Å². The minimum absolute atomic E-state index is 0.114. The maximum atomic E-state index is 11.3. The van der Waals surface area contributed by atoms with Crippen molar-refractivity contribution < 1.29 is 14.1 Å². The molecule has 0 radical (unpaired) electrons. The molecule has 2 rings (SSSR count). The predicted molar refractivity (Wildman–Crippen MR) is 70.3 cm³/mol. The Morgan fingerprint density at radius 1 is 1.56 bits per heavy atom. The molecule has 18 heavy (non-hydrogen) atoms. The van der Waals surface area contributed by atoms with Crippen molar-refractivity contribution in [3.63, 3.8) is 0 Å². The largest absolute Gasteiger partial charge is 0.486 e. The molecule has 1 unspecified atom stereocenters. The molecule has 0 spiro atoms. The molecule has 1 fully saturated rings. The SMILES string of the molecule is CC(=O)N[C@@H](B1OCC(CCl)O1)c1ccccc1. The van der Waals surface area contributed by atoms with Gasteiger partial charge in [-0.2, -0.15) is 0 Å². The maximum Gasteiger partial charge on any atom is 0.486 e. The van der Waals surface area contributed by atoms with Crippen molar-refractivity contribution in [1.29, 1.82) is 0 Å². The van der Waals surface area contributed by atoms with Crippen LogP contribution in [0.1, 0.15) is 18.4 Å². The highest BCUT2D eigenvalue weighted by Crippen LogP contribution is 2.23. The third-order valence-corrected chi connectivity index (χ3v) is 3.08. The molecule has 2 atom stereocenters. The van der Waals surface area contributed by atoms with Crippen molar-refractivity contribution in [2.75, 3.05) is 12.5 Å². The van der Waals surface area contributed by atoms with E-state index in [4.69, 9.17) is 20.9 Å². The first-order valence-corrected chi connectivity index (χ1v) is 6.39. The summed E-state index contributed by atoms with van der Waals surface area (Å²) in [5.41, 5.74) is 0.952. The molecule has 1 heterocycles. The number of benzene rings is 1. The number of amides is 1. The van der Waals surface area contributed by atoms with Crippen LogP contribution >= 0.6 is 11.6 Å². The fourth-order valence-corrected chi connectivity index (χ4v) is 2.08. The van der Waals surface area contributed by atoms with Crippen LogP contribution in [0, 0.1) is 0 Å². The van der Waals surface area contributed by atoms with E-state index in [-0.39, 0.29) is 18.0 Å². The van der Waals surface area contributed by atoms with E-state index in [9.17, 15) is 4.79 Å². The average molecular weight is 268 g/mol. The van der Waals surface area contributed by atoms with Gasteiger partial charge in [-0.3, -0.25) is 4.79 Å². The third-order valence-electron chi connectivity index (χ3n) is 2.73. The Balaban J connectivity index is 2.13. The van der Waals surface area contributed by atoms with Gasteiger partial charge in [0.2, 0.25) is 5.91 Å². The standard InChI is InChI=1S/C12H15BClNO3/c1-9(16)15-12(10-5-3-2-4-6-10)13-17-8-11(7-14)18-13/h2-6,11-12H,7-8H2,1H3,(H,15,16)/t11?,12-/m1/s1. The van der Waals surface area contributed by atoms with Crippen molar-refractivity contribution in [3.8, 4) is 0 Å². The quantitative estimate of drug-likeness (QED) is 0.665. The zero-order valence-electron chi connectivity index (χ0n) is 10.1. The smallest absolute Gasteiger partial charge is 0.407 e. The summed E-state index contributed by atoms with van der Waals surface area (Å²) >= 11 is 5.74. The molecule has 96 valence electrons. The Morgan fingerprint density at radius 2 is 2.28 bits per heavy atom. The molecule has 1 aliphatic heterocycles. The molecule has 4 nitrogen and oxygen atoms in total. The molecule has 6 heteroatoms. The van der Waals surface area contributed by atoms with E-state index < -0.39 is 7.12 Å². The van der Waals surface area contributed by atoms with Gasteiger partial charge in [-0.05, 0) is 5.56 Å². The normalized spacial score (nSPS) is 20.8. The van der Waals surface area contributed by atoms with Gasteiger partial charge >= 0.3 is 7.12 Å². The fourth-order valence-electron chi connectivity index (χ4n) is 1.91. The first-order chi connectivity index (χ1) is 8.70. The highest BCUT2D eigenvalue weighted by molar-refractivity contribution is 6.47. The molecule has 1 amide bonds. The fraction of sp³-hybridized carbons (Fsp3) is 0.417. The molecule has 0 aliphatic carbocycles. The Kier molecular flexibility index (Phi) is 4.63. The van der Waals surface area contributed by atoms with Gasteiger partial charge in [0.25, 0.3) is 0 Å². The lowest BCUT2D eigenvalue weighted by Gasteiger charge is -2.20. The van der Waals surface area contributed by atoms with Crippen molar-refractivity contribution in [1.82, 2.24) is 5.32 Å². The predicted octanol–water partition coefficient (Wildman–Crippen LogP) is 1.55. The third kappa shape index (κ3) is 3.25. The van der Waals surface area contributed by atoms with E-state index in [1.165, 1.54) is 6.92 Å². The summed E-state index contributed by atoms with van der Waals surface area (Å²) in [5.74, 6) is -0.0414. The second kappa shape index (κ2) is 6.23. The molecule has 0 bridgehead atoms. The first kappa shape index (κ1) is 13.4. The lowest BCUT2D eigenvalue weighted by molar-refractivity contribution is -0.119. The summed E-state index contributed by atoms with van der Waals surface area (Å²) in [6, 6.07) is 9.62. The molecule has 1 aromatic carbocycles. The Hall–Kier alpha value is -1.04. The topological polar surface area (TPSA) is 47.6 Å². The van der Waals surface area contributed by atoms with Crippen LogP contribution in [0.25, 0.3) is 0 Å². The zero-order valence-corrected chi connectivity index (χ0v) is 10.9. The molecule has 1 N–H and O–H groups in total. The molecular weight excluding hydrogens is 252 g/mol. The van der Waals surface area contributed by atoms with Crippen molar-refractivity contribution >= 4 is 24.6 Å².